The molecule has 0 bridgehead atoms. The summed E-state index contributed by atoms with van der Waals surface area (Å²) in [5, 5.41) is 10.2. The molecule has 1 aromatic rings. The number of aliphatic hydroxyl groups excluding tert-OH is 1. The average Bonchev–Trinajstić information content (AvgIpc) is 2.62. The molecule has 0 saturated carbocycles. The smallest absolute Gasteiger partial charge is 0.127 e. The zero-order chi connectivity index (χ0) is 11.1. The Morgan fingerprint density at radius 2 is 2.38 bits per heavy atom. The highest BCUT2D eigenvalue weighted by Crippen LogP contribution is 2.43. The summed E-state index contributed by atoms with van der Waals surface area (Å²) in [5.41, 5.74) is 3.53. The third-order valence-corrected chi connectivity index (χ3v) is 4.86. The summed E-state index contributed by atoms with van der Waals surface area (Å²) in [7, 11) is 0. The van der Waals surface area contributed by atoms with Crippen LogP contribution >= 0.6 is 27.7 Å². The normalized spacial score (nSPS) is 23.2. The van der Waals surface area contributed by atoms with Crippen molar-refractivity contribution in [3.63, 3.8) is 0 Å². The second kappa shape index (κ2) is 4.24. The van der Waals surface area contributed by atoms with Crippen molar-refractivity contribution in [1.82, 2.24) is 0 Å². The van der Waals surface area contributed by atoms with Crippen LogP contribution in [0.5, 0.6) is 5.75 Å². The van der Waals surface area contributed by atoms with Gasteiger partial charge in [0, 0.05) is 27.8 Å². The number of halogens is 1. The van der Waals surface area contributed by atoms with E-state index in [1.165, 1.54) is 11.1 Å². The monoisotopic (exact) mass is 300 g/mol. The van der Waals surface area contributed by atoms with Gasteiger partial charge in [0.05, 0.1) is 12.7 Å². The van der Waals surface area contributed by atoms with Crippen molar-refractivity contribution in [2.45, 2.75) is 24.7 Å². The predicted molar refractivity (Wildman–Crippen MR) is 69.1 cm³/mol. The average molecular weight is 301 g/mol. The number of aliphatic hydroxyl groups is 1. The van der Waals surface area contributed by atoms with Gasteiger partial charge in [0.25, 0.3) is 0 Å². The number of hydrogen-bond acceptors (Lipinski definition) is 3. The van der Waals surface area contributed by atoms with E-state index in [0.29, 0.717) is 0 Å². The van der Waals surface area contributed by atoms with Crippen molar-refractivity contribution in [2.24, 2.45) is 0 Å². The van der Waals surface area contributed by atoms with E-state index < -0.39 is 0 Å². The van der Waals surface area contributed by atoms with Crippen LogP contribution in [-0.2, 0) is 12.2 Å². The molecule has 2 heterocycles. The van der Waals surface area contributed by atoms with Gasteiger partial charge in [-0.05, 0) is 23.8 Å². The van der Waals surface area contributed by atoms with E-state index in [1.807, 2.05) is 11.8 Å². The van der Waals surface area contributed by atoms with E-state index in [0.717, 1.165) is 46.7 Å². The lowest BCUT2D eigenvalue weighted by molar-refractivity contribution is 0.173. The number of benzene rings is 1. The first-order chi connectivity index (χ1) is 7.77. The van der Waals surface area contributed by atoms with E-state index in [9.17, 15) is 5.11 Å². The largest absolute Gasteiger partial charge is 0.493 e. The number of ether oxygens (including phenoxy) is 1. The highest BCUT2D eigenvalue weighted by Gasteiger charge is 2.27. The van der Waals surface area contributed by atoms with Crippen LogP contribution in [0, 0.1) is 0 Å². The Morgan fingerprint density at radius 1 is 1.50 bits per heavy atom. The van der Waals surface area contributed by atoms with Crippen LogP contribution in [0.2, 0.25) is 0 Å². The molecule has 86 valence electrons. The number of fused-ring (bicyclic) bond motifs is 3. The summed E-state index contributed by atoms with van der Waals surface area (Å²) >= 11 is 5.46. The molecule has 1 atom stereocenters. The van der Waals surface area contributed by atoms with Crippen LogP contribution in [0.3, 0.4) is 0 Å². The number of thioether (sulfide) groups is 1. The first kappa shape index (κ1) is 10.9. The van der Waals surface area contributed by atoms with Crippen molar-refractivity contribution < 1.29 is 9.84 Å². The second-order valence-corrected chi connectivity index (χ2v) is 6.15. The van der Waals surface area contributed by atoms with Gasteiger partial charge in [0.2, 0.25) is 0 Å². The summed E-state index contributed by atoms with van der Waals surface area (Å²) in [5.74, 6) is 3.00. The summed E-state index contributed by atoms with van der Waals surface area (Å²) in [6, 6.07) is 2.11. The van der Waals surface area contributed by atoms with Crippen LogP contribution < -0.4 is 4.74 Å². The fraction of sp³-hybridized carbons (Fsp3) is 0.500. The molecule has 2 nitrogen and oxygen atoms in total. The van der Waals surface area contributed by atoms with E-state index >= 15 is 0 Å². The zero-order valence-corrected chi connectivity index (χ0v) is 11.2. The van der Waals surface area contributed by atoms with Crippen LogP contribution in [0.1, 0.15) is 29.2 Å². The highest BCUT2D eigenvalue weighted by atomic mass is 79.9. The minimum absolute atomic E-state index is 0.353. The third-order valence-electron chi connectivity index (χ3n) is 3.18. The van der Waals surface area contributed by atoms with Crippen LogP contribution in [0.4, 0.5) is 0 Å². The third kappa shape index (κ3) is 1.67. The van der Waals surface area contributed by atoms with Gasteiger partial charge in [0.1, 0.15) is 5.75 Å². The molecule has 0 radical (unpaired) electrons. The Kier molecular flexibility index (Phi) is 2.90. The molecule has 0 amide bonds. The maximum Gasteiger partial charge on any atom is 0.127 e. The minimum Gasteiger partial charge on any atom is -0.493 e. The quantitative estimate of drug-likeness (QED) is 0.798. The first-order valence-electron chi connectivity index (χ1n) is 5.50. The Balaban J connectivity index is 2.21. The molecular weight excluding hydrogens is 288 g/mol. The van der Waals surface area contributed by atoms with Crippen LogP contribution in [0.25, 0.3) is 0 Å². The van der Waals surface area contributed by atoms with Gasteiger partial charge in [-0.15, -0.1) is 0 Å². The number of rotatable bonds is 0. The van der Waals surface area contributed by atoms with E-state index in [2.05, 4.69) is 22.0 Å². The Hall–Kier alpha value is -0.190. The summed E-state index contributed by atoms with van der Waals surface area (Å²) < 4.78 is 6.75. The molecular formula is C12H13BrO2S. The predicted octanol–water partition coefficient (Wildman–Crippen LogP) is 3.05. The molecule has 4 heteroatoms. The summed E-state index contributed by atoms with van der Waals surface area (Å²) in [6.45, 7) is 0.777. The minimum atomic E-state index is -0.353. The lowest BCUT2D eigenvalue weighted by atomic mass is 9.98. The maximum absolute atomic E-state index is 10.2. The standard InChI is InChI=1S/C12H13BrO2S/c13-9-5-7-1-3-15-12(7)8-6-16-4-2-10(14)11(8)9/h5,10,14H,1-4,6H2/t10-/m0/s1. The molecule has 16 heavy (non-hydrogen) atoms. The van der Waals surface area contributed by atoms with Gasteiger partial charge in [0.15, 0.2) is 0 Å². The fourth-order valence-electron chi connectivity index (χ4n) is 2.40. The fourth-order valence-corrected chi connectivity index (χ4v) is 4.21. The van der Waals surface area contributed by atoms with Gasteiger partial charge in [-0.1, -0.05) is 15.9 Å². The molecule has 0 spiro atoms. The van der Waals surface area contributed by atoms with Gasteiger partial charge >= 0.3 is 0 Å². The SMILES string of the molecule is O[C@H]1CCSCc2c3c(cc(Br)c21)CCO3. The topological polar surface area (TPSA) is 29.5 Å². The summed E-state index contributed by atoms with van der Waals surface area (Å²) in [4.78, 5) is 0. The Morgan fingerprint density at radius 3 is 3.25 bits per heavy atom. The Labute approximate surface area is 108 Å². The van der Waals surface area contributed by atoms with Crippen molar-refractivity contribution in [3.05, 3.63) is 27.2 Å². The van der Waals surface area contributed by atoms with Crippen LogP contribution in [0.15, 0.2) is 10.5 Å². The van der Waals surface area contributed by atoms with Crippen molar-refractivity contribution in [1.29, 1.82) is 0 Å². The van der Waals surface area contributed by atoms with Crippen molar-refractivity contribution in [2.75, 3.05) is 12.4 Å². The Bertz CT molecular complexity index is 434. The molecule has 0 aromatic heterocycles. The molecule has 2 aliphatic rings. The molecule has 0 saturated heterocycles. The maximum atomic E-state index is 10.2. The van der Waals surface area contributed by atoms with E-state index in [4.69, 9.17) is 4.74 Å². The second-order valence-electron chi connectivity index (χ2n) is 4.19. The highest BCUT2D eigenvalue weighted by molar-refractivity contribution is 9.10. The molecule has 1 N–H and O–H groups in total. The number of hydrogen-bond donors (Lipinski definition) is 1. The molecule has 0 fully saturated rings. The van der Waals surface area contributed by atoms with Crippen molar-refractivity contribution in [3.8, 4) is 5.75 Å². The van der Waals surface area contributed by atoms with Crippen molar-refractivity contribution >= 4 is 27.7 Å². The lowest BCUT2D eigenvalue weighted by Gasteiger charge is -2.16. The molecule has 0 unspecified atom stereocenters. The molecule has 1 aromatic carbocycles. The van der Waals surface area contributed by atoms with Gasteiger partial charge in [-0.3, -0.25) is 0 Å². The summed E-state index contributed by atoms with van der Waals surface area (Å²) in [6.07, 6.45) is 1.46. The van der Waals surface area contributed by atoms with E-state index in [-0.39, 0.29) is 6.10 Å². The first-order valence-corrected chi connectivity index (χ1v) is 7.45. The van der Waals surface area contributed by atoms with E-state index in [1.54, 1.807) is 0 Å². The molecule has 2 aliphatic heterocycles. The molecule has 0 aliphatic carbocycles. The van der Waals surface area contributed by atoms with Gasteiger partial charge < -0.3 is 9.84 Å². The van der Waals surface area contributed by atoms with Gasteiger partial charge in [-0.2, -0.15) is 11.8 Å². The van der Waals surface area contributed by atoms with Gasteiger partial charge in [-0.25, -0.2) is 0 Å². The van der Waals surface area contributed by atoms with Crippen LogP contribution in [-0.4, -0.2) is 17.5 Å². The lowest BCUT2D eigenvalue weighted by Crippen LogP contribution is -2.02. The zero-order valence-electron chi connectivity index (χ0n) is 8.83. The molecule has 3 rings (SSSR count).